The summed E-state index contributed by atoms with van der Waals surface area (Å²) in [5.41, 5.74) is 10.5. The second-order valence-corrected chi connectivity index (χ2v) is 6.58. The zero-order valence-electron chi connectivity index (χ0n) is 14.4. The van der Waals surface area contributed by atoms with E-state index in [4.69, 9.17) is 0 Å². The van der Waals surface area contributed by atoms with E-state index in [1.165, 1.54) is 44.6 Å². The van der Waals surface area contributed by atoms with Gasteiger partial charge in [-0.3, -0.25) is 0 Å². The molecule has 1 heteroatoms. The molecule has 0 fully saturated rings. The zero-order valence-corrected chi connectivity index (χ0v) is 14.4. The van der Waals surface area contributed by atoms with Gasteiger partial charge in [0.2, 0.25) is 0 Å². The van der Waals surface area contributed by atoms with Crippen LogP contribution in [0.4, 0.5) is 5.69 Å². The average Bonchev–Trinajstić information content (AvgIpc) is 2.91. The van der Waals surface area contributed by atoms with E-state index < -0.39 is 0 Å². The van der Waals surface area contributed by atoms with Gasteiger partial charge in [-0.1, -0.05) is 54.6 Å². The monoisotopic (exact) mass is 311 g/mol. The van der Waals surface area contributed by atoms with Gasteiger partial charge in [0.1, 0.15) is 0 Å². The lowest BCUT2D eigenvalue weighted by molar-refractivity contribution is 1.13. The molecule has 3 aromatic carbocycles. The molecule has 0 spiro atoms. The summed E-state index contributed by atoms with van der Waals surface area (Å²) in [6.45, 7) is 2.19. The third-order valence-corrected chi connectivity index (χ3v) is 4.79. The van der Waals surface area contributed by atoms with Gasteiger partial charge in [0.25, 0.3) is 0 Å². The van der Waals surface area contributed by atoms with Gasteiger partial charge in [0, 0.05) is 19.8 Å². The summed E-state index contributed by atoms with van der Waals surface area (Å²) in [6.07, 6.45) is 2.33. The summed E-state index contributed by atoms with van der Waals surface area (Å²) in [5, 5.41) is 0. The topological polar surface area (TPSA) is 3.24 Å². The van der Waals surface area contributed by atoms with Crippen LogP contribution in [0, 0.1) is 6.92 Å². The summed E-state index contributed by atoms with van der Waals surface area (Å²) >= 11 is 0. The molecular weight excluding hydrogens is 290 g/mol. The van der Waals surface area contributed by atoms with E-state index in [9.17, 15) is 0 Å². The fraction of sp³-hybridized carbons (Fsp3) is 0.130. The van der Waals surface area contributed by atoms with Crippen LogP contribution >= 0.6 is 0 Å². The minimum Gasteiger partial charge on any atom is -0.378 e. The quantitative estimate of drug-likeness (QED) is 0.464. The first kappa shape index (κ1) is 14.8. The molecule has 24 heavy (non-hydrogen) atoms. The van der Waals surface area contributed by atoms with Crippen molar-refractivity contribution in [2.75, 3.05) is 19.0 Å². The van der Waals surface area contributed by atoms with Gasteiger partial charge in [-0.05, 0) is 64.1 Å². The van der Waals surface area contributed by atoms with E-state index in [-0.39, 0.29) is 0 Å². The van der Waals surface area contributed by atoms with Crippen molar-refractivity contribution < 1.29 is 0 Å². The molecule has 0 atom stereocenters. The van der Waals surface area contributed by atoms with Crippen LogP contribution in [0.1, 0.15) is 22.3 Å². The van der Waals surface area contributed by atoms with E-state index in [1.54, 1.807) is 0 Å². The molecular formula is C23H21N. The fourth-order valence-corrected chi connectivity index (χ4v) is 3.46. The van der Waals surface area contributed by atoms with E-state index in [2.05, 4.69) is 98.7 Å². The maximum absolute atomic E-state index is 2.33. The molecule has 0 unspecified atom stereocenters. The number of nitrogens with zero attached hydrogens (tertiary/aromatic N) is 1. The Morgan fingerprint density at radius 3 is 1.75 bits per heavy atom. The number of aryl methyl sites for hydroxylation is 1. The highest BCUT2D eigenvalue weighted by atomic mass is 15.1. The minimum absolute atomic E-state index is 1.24. The molecule has 1 aliphatic carbocycles. The van der Waals surface area contributed by atoms with Crippen LogP contribution in [0.2, 0.25) is 0 Å². The molecule has 1 nitrogen and oxygen atoms in total. The highest BCUT2D eigenvalue weighted by Crippen LogP contribution is 2.44. The Bertz CT molecular complexity index is 900. The lowest BCUT2D eigenvalue weighted by Crippen LogP contribution is -2.08. The Morgan fingerprint density at radius 2 is 1.25 bits per heavy atom. The van der Waals surface area contributed by atoms with Crippen molar-refractivity contribution in [3.63, 3.8) is 0 Å². The Balaban J connectivity index is 1.89. The molecule has 0 radical (unpaired) electrons. The number of anilines is 1. The van der Waals surface area contributed by atoms with Crippen LogP contribution in [-0.2, 0) is 0 Å². The summed E-state index contributed by atoms with van der Waals surface area (Å²) in [5.74, 6) is 0. The molecule has 0 amide bonds. The Morgan fingerprint density at radius 1 is 0.708 bits per heavy atom. The fourth-order valence-electron chi connectivity index (χ4n) is 3.46. The summed E-state index contributed by atoms with van der Waals surface area (Å²) in [4.78, 5) is 2.14. The third kappa shape index (κ3) is 2.33. The Kier molecular flexibility index (Phi) is 3.50. The van der Waals surface area contributed by atoms with Gasteiger partial charge < -0.3 is 4.90 Å². The molecule has 0 N–H and O–H groups in total. The lowest BCUT2D eigenvalue weighted by atomic mass is 9.98. The van der Waals surface area contributed by atoms with Gasteiger partial charge in [-0.2, -0.15) is 0 Å². The highest BCUT2D eigenvalue weighted by Gasteiger charge is 2.22. The van der Waals surface area contributed by atoms with Crippen LogP contribution in [0.15, 0.2) is 66.7 Å². The van der Waals surface area contributed by atoms with E-state index >= 15 is 0 Å². The standard InChI is InChI=1S/C23H21N/c1-16-14-18(24(2)3)13-12-17(16)15-23-21-10-6-4-8-19(21)20-9-5-7-11-22(20)23/h4-15H,1-3H3. The second-order valence-electron chi connectivity index (χ2n) is 6.58. The minimum atomic E-state index is 1.24. The van der Waals surface area contributed by atoms with Crippen LogP contribution < -0.4 is 4.90 Å². The molecule has 4 rings (SSSR count). The largest absolute Gasteiger partial charge is 0.378 e. The molecule has 0 bridgehead atoms. The van der Waals surface area contributed by atoms with Crippen molar-refractivity contribution in [1.82, 2.24) is 0 Å². The predicted octanol–water partition coefficient (Wildman–Crippen LogP) is 5.63. The van der Waals surface area contributed by atoms with Crippen LogP contribution in [-0.4, -0.2) is 14.1 Å². The van der Waals surface area contributed by atoms with Crippen LogP contribution in [0.25, 0.3) is 22.8 Å². The van der Waals surface area contributed by atoms with E-state index in [0.29, 0.717) is 0 Å². The number of rotatable bonds is 2. The molecule has 118 valence electrons. The predicted molar refractivity (Wildman–Crippen MR) is 104 cm³/mol. The SMILES string of the molecule is Cc1cc(N(C)C)ccc1C=C1c2ccccc2-c2ccccc21. The van der Waals surface area contributed by atoms with Crippen molar-refractivity contribution in [3.05, 3.63) is 89.0 Å². The van der Waals surface area contributed by atoms with E-state index in [1.807, 2.05) is 0 Å². The number of benzene rings is 3. The molecule has 0 saturated heterocycles. The van der Waals surface area contributed by atoms with Crippen LogP contribution in [0.3, 0.4) is 0 Å². The summed E-state index contributed by atoms with van der Waals surface area (Å²) < 4.78 is 0. The van der Waals surface area contributed by atoms with Gasteiger partial charge in [-0.25, -0.2) is 0 Å². The van der Waals surface area contributed by atoms with Gasteiger partial charge >= 0.3 is 0 Å². The third-order valence-electron chi connectivity index (χ3n) is 4.79. The average molecular weight is 311 g/mol. The smallest absolute Gasteiger partial charge is 0.0364 e. The summed E-state index contributed by atoms with van der Waals surface area (Å²) in [7, 11) is 4.16. The zero-order chi connectivity index (χ0) is 16.7. The number of hydrogen-bond acceptors (Lipinski definition) is 1. The summed E-state index contributed by atoms with van der Waals surface area (Å²) in [6, 6.07) is 24.0. The lowest BCUT2D eigenvalue weighted by Gasteiger charge is -2.14. The Labute approximate surface area is 143 Å². The van der Waals surface area contributed by atoms with Crippen molar-refractivity contribution >= 4 is 17.3 Å². The maximum atomic E-state index is 2.33. The first-order valence-electron chi connectivity index (χ1n) is 8.34. The molecule has 0 saturated carbocycles. The number of hydrogen-bond donors (Lipinski definition) is 0. The molecule has 0 aromatic heterocycles. The maximum Gasteiger partial charge on any atom is 0.0364 e. The molecule has 1 aliphatic rings. The number of fused-ring (bicyclic) bond motifs is 3. The Hall–Kier alpha value is -2.80. The van der Waals surface area contributed by atoms with E-state index in [0.717, 1.165) is 0 Å². The van der Waals surface area contributed by atoms with Gasteiger partial charge in [0.05, 0.1) is 0 Å². The first-order valence-corrected chi connectivity index (χ1v) is 8.34. The van der Waals surface area contributed by atoms with Gasteiger partial charge in [0.15, 0.2) is 0 Å². The van der Waals surface area contributed by atoms with Crippen molar-refractivity contribution in [2.45, 2.75) is 6.92 Å². The second kappa shape index (κ2) is 5.68. The molecule has 3 aromatic rings. The van der Waals surface area contributed by atoms with Gasteiger partial charge in [-0.15, -0.1) is 0 Å². The normalized spacial score (nSPS) is 11.9. The first-order chi connectivity index (χ1) is 11.6. The van der Waals surface area contributed by atoms with Crippen molar-refractivity contribution in [1.29, 1.82) is 0 Å². The van der Waals surface area contributed by atoms with Crippen molar-refractivity contribution in [3.8, 4) is 11.1 Å². The van der Waals surface area contributed by atoms with Crippen molar-refractivity contribution in [2.24, 2.45) is 0 Å². The van der Waals surface area contributed by atoms with Crippen LogP contribution in [0.5, 0.6) is 0 Å². The molecule has 0 aliphatic heterocycles. The molecule has 0 heterocycles. The highest BCUT2D eigenvalue weighted by molar-refractivity contribution is 6.06.